The predicted molar refractivity (Wildman–Crippen MR) is 81.4 cm³/mol. The maximum absolute atomic E-state index is 2.33. The summed E-state index contributed by atoms with van der Waals surface area (Å²) in [6.07, 6.45) is 2.32. The van der Waals surface area contributed by atoms with E-state index in [2.05, 4.69) is 69.2 Å². The van der Waals surface area contributed by atoms with Crippen molar-refractivity contribution in [2.45, 2.75) is 33.3 Å². The van der Waals surface area contributed by atoms with E-state index in [0.717, 1.165) is 12.6 Å². The molecule has 0 atom stereocenters. The quantitative estimate of drug-likeness (QED) is 0.694. The molecule has 0 amide bonds. The standard InChI is InChI=1S/C17H21B/c1-14-4-8-16(9-5-14)12-18(3)13-17-10-6-15(2)7-11-17/h4-11H,12-13H2,1-3H3. The maximum atomic E-state index is 2.33. The van der Waals surface area contributed by atoms with Gasteiger partial charge in [0.25, 0.3) is 0 Å². The van der Waals surface area contributed by atoms with Gasteiger partial charge < -0.3 is 0 Å². The second-order valence-electron chi connectivity index (χ2n) is 5.48. The second kappa shape index (κ2) is 5.90. The Hall–Kier alpha value is -1.50. The molecule has 0 fully saturated rings. The first-order valence-electron chi connectivity index (χ1n) is 6.74. The Kier molecular flexibility index (Phi) is 4.25. The normalized spacial score (nSPS) is 10.4. The van der Waals surface area contributed by atoms with Crippen molar-refractivity contribution in [2.24, 2.45) is 0 Å². The fourth-order valence-electron chi connectivity index (χ4n) is 2.33. The lowest BCUT2D eigenvalue weighted by Crippen LogP contribution is -2.16. The summed E-state index contributed by atoms with van der Waals surface area (Å²) in [5, 5.41) is 0. The predicted octanol–water partition coefficient (Wildman–Crippen LogP) is 4.29. The minimum absolute atomic E-state index is 0.690. The molecule has 0 saturated carbocycles. The molecule has 2 aromatic carbocycles. The zero-order valence-electron chi connectivity index (χ0n) is 11.6. The number of benzene rings is 2. The zero-order valence-corrected chi connectivity index (χ0v) is 11.6. The fourth-order valence-corrected chi connectivity index (χ4v) is 2.33. The smallest absolute Gasteiger partial charge is 0.0855 e. The molecular weight excluding hydrogens is 215 g/mol. The van der Waals surface area contributed by atoms with Crippen LogP contribution in [-0.4, -0.2) is 6.71 Å². The molecule has 0 heterocycles. The molecule has 2 rings (SSSR count). The van der Waals surface area contributed by atoms with Crippen molar-refractivity contribution in [1.29, 1.82) is 0 Å². The first-order chi connectivity index (χ1) is 8.63. The van der Waals surface area contributed by atoms with E-state index in [-0.39, 0.29) is 0 Å². The Labute approximate surface area is 111 Å². The van der Waals surface area contributed by atoms with E-state index < -0.39 is 0 Å². The number of hydrogen-bond acceptors (Lipinski definition) is 0. The third kappa shape index (κ3) is 3.77. The van der Waals surface area contributed by atoms with Crippen LogP contribution in [0.2, 0.25) is 6.82 Å². The van der Waals surface area contributed by atoms with Crippen LogP contribution in [0.15, 0.2) is 48.5 Å². The van der Waals surface area contributed by atoms with Gasteiger partial charge in [-0.3, -0.25) is 0 Å². The van der Waals surface area contributed by atoms with Gasteiger partial charge in [0.1, 0.15) is 6.71 Å². The molecule has 0 radical (unpaired) electrons. The van der Waals surface area contributed by atoms with E-state index in [4.69, 9.17) is 0 Å². The van der Waals surface area contributed by atoms with Gasteiger partial charge in [-0.2, -0.15) is 0 Å². The lowest BCUT2D eigenvalue weighted by Gasteiger charge is -2.09. The Balaban J connectivity index is 1.94. The molecule has 0 nitrogen and oxygen atoms in total. The highest BCUT2D eigenvalue weighted by atomic mass is 14.0. The Morgan fingerprint density at radius 1 is 0.667 bits per heavy atom. The van der Waals surface area contributed by atoms with Crippen LogP contribution in [0.5, 0.6) is 0 Å². The molecule has 0 aliphatic heterocycles. The average molecular weight is 236 g/mol. The van der Waals surface area contributed by atoms with E-state index in [1.807, 2.05) is 0 Å². The molecule has 0 unspecified atom stereocenters. The van der Waals surface area contributed by atoms with Crippen molar-refractivity contribution >= 4 is 6.71 Å². The van der Waals surface area contributed by atoms with Crippen LogP contribution in [0, 0.1) is 13.8 Å². The second-order valence-corrected chi connectivity index (χ2v) is 5.48. The van der Waals surface area contributed by atoms with E-state index >= 15 is 0 Å². The summed E-state index contributed by atoms with van der Waals surface area (Å²) in [4.78, 5) is 0. The summed E-state index contributed by atoms with van der Waals surface area (Å²) >= 11 is 0. The molecule has 2 aromatic rings. The number of hydrogen-bond donors (Lipinski definition) is 0. The van der Waals surface area contributed by atoms with Gasteiger partial charge in [-0.15, -0.1) is 0 Å². The van der Waals surface area contributed by atoms with Crippen LogP contribution >= 0.6 is 0 Å². The van der Waals surface area contributed by atoms with Crippen molar-refractivity contribution < 1.29 is 0 Å². The summed E-state index contributed by atoms with van der Waals surface area (Å²) in [6, 6.07) is 17.8. The van der Waals surface area contributed by atoms with Gasteiger partial charge in [0.2, 0.25) is 0 Å². The van der Waals surface area contributed by atoms with E-state index in [1.165, 1.54) is 22.3 Å². The molecule has 0 bridgehead atoms. The van der Waals surface area contributed by atoms with Crippen LogP contribution in [-0.2, 0) is 12.6 Å². The average Bonchev–Trinajstić information content (AvgIpc) is 2.35. The highest BCUT2D eigenvalue weighted by Crippen LogP contribution is 2.10. The molecular formula is C17H21B. The van der Waals surface area contributed by atoms with Crippen molar-refractivity contribution in [1.82, 2.24) is 0 Å². The molecule has 0 aromatic heterocycles. The first-order valence-corrected chi connectivity index (χ1v) is 6.74. The van der Waals surface area contributed by atoms with Crippen molar-refractivity contribution in [3.8, 4) is 0 Å². The largest absolute Gasteiger partial charge is 0.146 e. The van der Waals surface area contributed by atoms with Crippen LogP contribution in [0.3, 0.4) is 0 Å². The molecule has 0 aliphatic carbocycles. The van der Waals surface area contributed by atoms with E-state index in [9.17, 15) is 0 Å². The van der Waals surface area contributed by atoms with Gasteiger partial charge >= 0.3 is 0 Å². The topological polar surface area (TPSA) is 0 Å². The Morgan fingerprint density at radius 2 is 1.00 bits per heavy atom. The molecule has 0 aliphatic rings. The Bertz CT molecular complexity index is 435. The highest BCUT2D eigenvalue weighted by molar-refractivity contribution is 6.56. The highest BCUT2D eigenvalue weighted by Gasteiger charge is 2.08. The summed E-state index contributed by atoms with van der Waals surface area (Å²) in [6.45, 7) is 7.30. The van der Waals surface area contributed by atoms with Crippen molar-refractivity contribution in [3.05, 3.63) is 70.8 Å². The summed E-state index contributed by atoms with van der Waals surface area (Å²) in [7, 11) is 0. The van der Waals surface area contributed by atoms with Crippen LogP contribution in [0.4, 0.5) is 0 Å². The monoisotopic (exact) mass is 236 g/mol. The van der Waals surface area contributed by atoms with Crippen LogP contribution in [0.1, 0.15) is 22.3 Å². The molecule has 0 spiro atoms. The van der Waals surface area contributed by atoms with Gasteiger partial charge in [0.15, 0.2) is 0 Å². The Morgan fingerprint density at radius 3 is 1.33 bits per heavy atom. The first kappa shape index (κ1) is 12.9. The third-order valence-corrected chi connectivity index (χ3v) is 3.41. The van der Waals surface area contributed by atoms with E-state index in [0.29, 0.717) is 6.71 Å². The SMILES string of the molecule is CB(Cc1ccc(C)cc1)Cc1ccc(C)cc1. The molecule has 1 heteroatoms. The maximum Gasteiger partial charge on any atom is 0.146 e. The van der Waals surface area contributed by atoms with Crippen LogP contribution < -0.4 is 0 Å². The molecule has 0 saturated heterocycles. The molecule has 0 N–H and O–H groups in total. The molecule has 92 valence electrons. The number of aryl methyl sites for hydroxylation is 2. The number of rotatable bonds is 4. The molecule has 18 heavy (non-hydrogen) atoms. The minimum atomic E-state index is 0.690. The summed E-state index contributed by atoms with van der Waals surface area (Å²) in [5.74, 6) is 0. The summed E-state index contributed by atoms with van der Waals surface area (Å²) < 4.78 is 0. The fraction of sp³-hybridized carbons (Fsp3) is 0.294. The summed E-state index contributed by atoms with van der Waals surface area (Å²) in [5.41, 5.74) is 5.57. The van der Waals surface area contributed by atoms with Gasteiger partial charge in [0, 0.05) is 0 Å². The third-order valence-electron chi connectivity index (χ3n) is 3.41. The van der Waals surface area contributed by atoms with Crippen molar-refractivity contribution in [3.63, 3.8) is 0 Å². The van der Waals surface area contributed by atoms with Crippen molar-refractivity contribution in [2.75, 3.05) is 0 Å². The van der Waals surface area contributed by atoms with E-state index in [1.54, 1.807) is 0 Å². The minimum Gasteiger partial charge on any atom is -0.0855 e. The van der Waals surface area contributed by atoms with Gasteiger partial charge in [-0.05, 0) is 26.5 Å². The van der Waals surface area contributed by atoms with Gasteiger partial charge in [0.05, 0.1) is 0 Å². The van der Waals surface area contributed by atoms with Gasteiger partial charge in [-0.1, -0.05) is 77.6 Å². The lowest BCUT2D eigenvalue weighted by molar-refractivity contribution is 1.25. The zero-order chi connectivity index (χ0) is 13.0. The van der Waals surface area contributed by atoms with Gasteiger partial charge in [-0.25, -0.2) is 0 Å². The van der Waals surface area contributed by atoms with Crippen LogP contribution in [0.25, 0.3) is 0 Å². The lowest BCUT2D eigenvalue weighted by atomic mass is 9.45.